The fraction of sp³-hybridized carbons (Fsp3) is 0.381. The Bertz CT molecular complexity index is 1080. The summed E-state index contributed by atoms with van der Waals surface area (Å²) in [5, 5.41) is 13.9. The van der Waals surface area contributed by atoms with Gasteiger partial charge in [-0.25, -0.2) is 19.6 Å². The second-order valence-electron chi connectivity index (χ2n) is 7.89. The van der Waals surface area contributed by atoms with Crippen molar-refractivity contribution in [2.75, 3.05) is 36.0 Å². The highest BCUT2D eigenvalue weighted by atomic mass is 15.3. The van der Waals surface area contributed by atoms with Crippen LogP contribution in [0.3, 0.4) is 0 Å². The zero-order valence-corrected chi connectivity index (χ0v) is 16.5. The van der Waals surface area contributed by atoms with E-state index in [2.05, 4.69) is 35.9 Å². The molecule has 2 atom stereocenters. The van der Waals surface area contributed by atoms with Gasteiger partial charge in [0.2, 0.25) is 0 Å². The number of nitrogens with zero attached hydrogens (tertiary/aromatic N) is 8. The number of hydrogen-bond acceptors (Lipinski definition) is 7. The molecular weight excluding hydrogens is 364 g/mol. The summed E-state index contributed by atoms with van der Waals surface area (Å²) in [5.41, 5.74) is 3.50. The summed E-state index contributed by atoms with van der Waals surface area (Å²) in [4.78, 5) is 17.8. The Morgan fingerprint density at radius 1 is 0.966 bits per heavy atom. The van der Waals surface area contributed by atoms with Crippen LogP contribution >= 0.6 is 0 Å². The van der Waals surface area contributed by atoms with Crippen molar-refractivity contribution in [3.63, 3.8) is 0 Å². The maximum absolute atomic E-state index is 9.34. The smallest absolute Gasteiger partial charge is 0.163 e. The molecule has 29 heavy (non-hydrogen) atoms. The SMILES string of the molecule is Cc1cc(C)n(-c2cc(N3CC4CN(c5cccnc5C#N)CC4C3)ncn2)n1. The molecule has 0 aliphatic carbocycles. The fourth-order valence-corrected chi connectivity index (χ4v) is 4.60. The normalized spacial score (nSPS) is 20.7. The summed E-state index contributed by atoms with van der Waals surface area (Å²) < 4.78 is 1.87. The number of fused-ring (bicyclic) bond motifs is 1. The number of aryl methyl sites for hydroxylation is 2. The molecule has 0 N–H and O–H groups in total. The standard InChI is InChI=1S/C21H22N8/c1-14-6-15(2)29(26-14)21-7-20(24-13-25-21)28-11-16-9-27(10-17(16)12-28)19-4-3-5-23-18(19)8-22/h3-7,13,16-17H,9-12H2,1-2H3. The minimum absolute atomic E-state index is 0.509. The Kier molecular flexibility index (Phi) is 4.16. The second kappa shape index (κ2) is 6.85. The zero-order chi connectivity index (χ0) is 20.0. The molecule has 2 aliphatic heterocycles. The molecule has 2 fully saturated rings. The van der Waals surface area contributed by atoms with Gasteiger partial charge in [0, 0.05) is 56.0 Å². The van der Waals surface area contributed by atoms with E-state index in [0.29, 0.717) is 17.5 Å². The van der Waals surface area contributed by atoms with E-state index < -0.39 is 0 Å². The summed E-state index contributed by atoms with van der Waals surface area (Å²) >= 11 is 0. The van der Waals surface area contributed by atoms with Crippen molar-refractivity contribution < 1.29 is 0 Å². The first-order chi connectivity index (χ1) is 14.1. The molecule has 0 aromatic carbocycles. The predicted molar refractivity (Wildman–Crippen MR) is 109 cm³/mol. The predicted octanol–water partition coefficient (Wildman–Crippen LogP) is 2.12. The minimum Gasteiger partial charge on any atom is -0.368 e. The molecular formula is C21H22N8. The summed E-state index contributed by atoms with van der Waals surface area (Å²) in [6.45, 7) is 7.81. The van der Waals surface area contributed by atoms with Crippen molar-refractivity contribution in [2.24, 2.45) is 11.8 Å². The first-order valence-electron chi connectivity index (χ1n) is 9.83. The lowest BCUT2D eigenvalue weighted by atomic mass is 10.0. The Hall–Kier alpha value is -3.47. The van der Waals surface area contributed by atoms with Crippen LogP contribution in [0.1, 0.15) is 17.1 Å². The van der Waals surface area contributed by atoms with Crippen LogP contribution in [0, 0.1) is 37.0 Å². The molecule has 8 nitrogen and oxygen atoms in total. The number of anilines is 2. The summed E-state index contributed by atoms with van der Waals surface area (Å²) in [6, 6.07) is 10.2. The number of nitriles is 1. The summed E-state index contributed by atoms with van der Waals surface area (Å²) in [6.07, 6.45) is 3.30. The number of hydrogen-bond donors (Lipinski definition) is 0. The highest BCUT2D eigenvalue weighted by molar-refractivity contribution is 5.57. The van der Waals surface area contributed by atoms with Crippen LogP contribution in [0.15, 0.2) is 36.8 Å². The summed E-state index contributed by atoms with van der Waals surface area (Å²) in [5.74, 6) is 2.85. The van der Waals surface area contributed by atoms with Gasteiger partial charge in [0.25, 0.3) is 0 Å². The van der Waals surface area contributed by atoms with Gasteiger partial charge < -0.3 is 9.80 Å². The molecule has 8 heteroatoms. The van der Waals surface area contributed by atoms with Gasteiger partial charge in [0.05, 0.1) is 11.4 Å². The Morgan fingerprint density at radius 2 is 1.69 bits per heavy atom. The monoisotopic (exact) mass is 386 g/mol. The molecule has 5 heterocycles. The molecule has 0 bridgehead atoms. The third kappa shape index (κ3) is 3.09. The van der Waals surface area contributed by atoms with Gasteiger partial charge in [-0.15, -0.1) is 0 Å². The van der Waals surface area contributed by atoms with Gasteiger partial charge in [-0.3, -0.25) is 0 Å². The number of aromatic nitrogens is 5. The fourth-order valence-electron chi connectivity index (χ4n) is 4.60. The average Bonchev–Trinajstić information content (AvgIpc) is 3.40. The lowest BCUT2D eigenvalue weighted by Crippen LogP contribution is -2.29. The van der Waals surface area contributed by atoms with Crippen molar-refractivity contribution in [1.29, 1.82) is 5.26 Å². The minimum atomic E-state index is 0.509. The largest absolute Gasteiger partial charge is 0.368 e. The molecule has 146 valence electrons. The van der Waals surface area contributed by atoms with Crippen molar-refractivity contribution in [3.8, 4) is 11.9 Å². The lowest BCUT2D eigenvalue weighted by molar-refractivity contribution is 0.533. The van der Waals surface area contributed by atoms with Crippen molar-refractivity contribution in [2.45, 2.75) is 13.8 Å². The van der Waals surface area contributed by atoms with Crippen molar-refractivity contribution in [3.05, 3.63) is 53.9 Å². The number of rotatable bonds is 3. The van der Waals surface area contributed by atoms with Gasteiger partial charge in [-0.1, -0.05) is 0 Å². The van der Waals surface area contributed by atoms with Gasteiger partial charge >= 0.3 is 0 Å². The topological polar surface area (TPSA) is 86.8 Å². The van der Waals surface area contributed by atoms with Crippen LogP contribution in [-0.2, 0) is 0 Å². The first-order valence-corrected chi connectivity index (χ1v) is 9.83. The zero-order valence-electron chi connectivity index (χ0n) is 16.5. The van der Waals surface area contributed by atoms with Crippen LogP contribution in [0.2, 0.25) is 0 Å². The highest BCUT2D eigenvalue weighted by Crippen LogP contribution is 2.36. The van der Waals surface area contributed by atoms with E-state index in [1.54, 1.807) is 12.5 Å². The third-order valence-corrected chi connectivity index (χ3v) is 5.91. The van der Waals surface area contributed by atoms with E-state index in [1.807, 2.05) is 42.8 Å². The van der Waals surface area contributed by atoms with E-state index in [9.17, 15) is 5.26 Å². The van der Waals surface area contributed by atoms with Crippen LogP contribution in [0.5, 0.6) is 0 Å². The molecule has 5 rings (SSSR count). The number of pyridine rings is 1. The molecule has 0 amide bonds. The molecule has 0 spiro atoms. The lowest BCUT2D eigenvalue weighted by Gasteiger charge is -2.24. The molecule has 2 aliphatic rings. The van der Waals surface area contributed by atoms with E-state index in [-0.39, 0.29) is 0 Å². The third-order valence-electron chi connectivity index (χ3n) is 5.91. The second-order valence-corrected chi connectivity index (χ2v) is 7.89. The molecule has 3 aromatic heterocycles. The van der Waals surface area contributed by atoms with Crippen molar-refractivity contribution >= 4 is 11.5 Å². The van der Waals surface area contributed by atoms with Crippen LogP contribution in [0.4, 0.5) is 11.5 Å². The Labute approximate surface area is 169 Å². The molecule has 2 saturated heterocycles. The first kappa shape index (κ1) is 17.6. The van der Waals surface area contributed by atoms with Crippen LogP contribution in [-0.4, -0.2) is 50.9 Å². The van der Waals surface area contributed by atoms with E-state index >= 15 is 0 Å². The summed E-state index contributed by atoms with van der Waals surface area (Å²) in [7, 11) is 0. The average molecular weight is 386 g/mol. The molecule has 2 unspecified atom stereocenters. The molecule has 3 aromatic rings. The van der Waals surface area contributed by atoms with E-state index in [1.165, 1.54) is 0 Å². The van der Waals surface area contributed by atoms with E-state index in [4.69, 9.17) is 0 Å². The van der Waals surface area contributed by atoms with Crippen LogP contribution < -0.4 is 9.80 Å². The van der Waals surface area contributed by atoms with E-state index in [0.717, 1.165) is 54.9 Å². The van der Waals surface area contributed by atoms with Gasteiger partial charge in [-0.05, 0) is 32.0 Å². The molecule has 0 radical (unpaired) electrons. The quantitative estimate of drug-likeness (QED) is 0.681. The van der Waals surface area contributed by atoms with Crippen LogP contribution in [0.25, 0.3) is 5.82 Å². The maximum atomic E-state index is 9.34. The maximum Gasteiger partial charge on any atom is 0.163 e. The van der Waals surface area contributed by atoms with Gasteiger partial charge in [0.1, 0.15) is 18.2 Å². The highest BCUT2D eigenvalue weighted by Gasteiger charge is 2.41. The molecule has 0 saturated carbocycles. The Balaban J connectivity index is 1.33. The van der Waals surface area contributed by atoms with Gasteiger partial charge in [0.15, 0.2) is 11.5 Å². The van der Waals surface area contributed by atoms with Gasteiger partial charge in [-0.2, -0.15) is 10.4 Å². The Morgan fingerprint density at radius 3 is 2.38 bits per heavy atom. The van der Waals surface area contributed by atoms with Crippen molar-refractivity contribution in [1.82, 2.24) is 24.7 Å².